The zero-order valence-electron chi connectivity index (χ0n) is 18.9. The third-order valence-electron chi connectivity index (χ3n) is 5.28. The maximum Gasteiger partial charge on any atom is 0.343 e. The normalized spacial score (nSPS) is 10.7. The Morgan fingerprint density at radius 1 is 0.882 bits per heavy atom. The van der Waals surface area contributed by atoms with Gasteiger partial charge in [0.25, 0.3) is 0 Å². The molecule has 0 fully saturated rings. The highest BCUT2D eigenvalue weighted by atomic mass is 35.5. The molecule has 0 aliphatic rings. The van der Waals surface area contributed by atoms with Gasteiger partial charge in [-0.1, -0.05) is 23.7 Å². The number of fused-ring (bicyclic) bond motifs is 1. The van der Waals surface area contributed by atoms with Crippen molar-refractivity contribution in [2.75, 3.05) is 21.3 Å². The van der Waals surface area contributed by atoms with E-state index in [1.54, 1.807) is 37.3 Å². The number of esters is 1. The highest BCUT2D eigenvalue weighted by Gasteiger charge is 2.19. The number of carbonyl (C=O) groups excluding carboxylic acids is 1. The maximum absolute atomic E-state index is 13.2. The minimum absolute atomic E-state index is 0.191. The van der Waals surface area contributed by atoms with Crippen molar-refractivity contribution >= 4 is 28.5 Å². The molecule has 0 N–H and O–H groups in total. The Hall–Kier alpha value is -3.97. The lowest BCUT2D eigenvalue weighted by Crippen LogP contribution is -2.11. The van der Waals surface area contributed by atoms with Crippen LogP contribution in [0, 0.1) is 6.92 Å². The number of methoxy groups -OCH3 is 3. The maximum atomic E-state index is 13.2. The van der Waals surface area contributed by atoms with Gasteiger partial charge in [0.1, 0.15) is 17.1 Å². The van der Waals surface area contributed by atoms with E-state index in [0.29, 0.717) is 50.1 Å². The van der Waals surface area contributed by atoms with E-state index in [-0.39, 0.29) is 16.7 Å². The number of rotatable bonds is 6. The van der Waals surface area contributed by atoms with Gasteiger partial charge in [0.05, 0.1) is 37.8 Å². The molecule has 1 heterocycles. The van der Waals surface area contributed by atoms with Crippen LogP contribution < -0.4 is 24.4 Å². The summed E-state index contributed by atoms with van der Waals surface area (Å²) >= 11 is 5.96. The topological polar surface area (TPSA) is 84.2 Å². The van der Waals surface area contributed by atoms with Crippen molar-refractivity contribution in [1.82, 2.24) is 0 Å². The Bertz CT molecular complexity index is 1410. The molecule has 0 spiro atoms. The fourth-order valence-corrected chi connectivity index (χ4v) is 3.79. The van der Waals surface area contributed by atoms with Gasteiger partial charge in [-0.15, -0.1) is 0 Å². The molecular weight excluding hydrogens is 460 g/mol. The average molecular weight is 481 g/mol. The van der Waals surface area contributed by atoms with Gasteiger partial charge in [-0.3, -0.25) is 4.79 Å². The second-order valence-corrected chi connectivity index (χ2v) is 7.77. The van der Waals surface area contributed by atoms with Crippen LogP contribution in [0.4, 0.5) is 0 Å². The molecule has 34 heavy (non-hydrogen) atoms. The van der Waals surface area contributed by atoms with E-state index in [1.165, 1.54) is 45.6 Å². The average Bonchev–Trinajstić information content (AvgIpc) is 2.83. The van der Waals surface area contributed by atoms with Gasteiger partial charge >= 0.3 is 5.97 Å². The van der Waals surface area contributed by atoms with Crippen molar-refractivity contribution < 1.29 is 28.2 Å². The summed E-state index contributed by atoms with van der Waals surface area (Å²) in [5.74, 6) is 1.02. The van der Waals surface area contributed by atoms with E-state index >= 15 is 0 Å². The van der Waals surface area contributed by atoms with Gasteiger partial charge in [-0.25, -0.2) is 4.79 Å². The fourth-order valence-electron chi connectivity index (χ4n) is 3.66. The third-order valence-corrected chi connectivity index (χ3v) is 5.54. The first-order valence-corrected chi connectivity index (χ1v) is 10.6. The predicted octanol–water partition coefficient (Wildman–Crippen LogP) is 5.67. The van der Waals surface area contributed by atoms with Gasteiger partial charge in [0.2, 0.25) is 11.2 Å². The predicted molar refractivity (Wildman–Crippen MR) is 129 cm³/mol. The van der Waals surface area contributed by atoms with Gasteiger partial charge in [-0.2, -0.15) is 0 Å². The number of hydrogen-bond acceptors (Lipinski definition) is 7. The van der Waals surface area contributed by atoms with Crippen molar-refractivity contribution in [3.63, 3.8) is 0 Å². The Morgan fingerprint density at radius 2 is 1.53 bits per heavy atom. The van der Waals surface area contributed by atoms with E-state index in [2.05, 4.69) is 0 Å². The molecule has 0 bridgehead atoms. The lowest BCUT2D eigenvalue weighted by Gasteiger charge is -2.14. The molecule has 4 aromatic rings. The Morgan fingerprint density at radius 3 is 2.12 bits per heavy atom. The minimum atomic E-state index is -0.643. The van der Waals surface area contributed by atoms with Crippen LogP contribution in [0.2, 0.25) is 5.02 Å². The minimum Gasteiger partial charge on any atom is -0.493 e. The van der Waals surface area contributed by atoms with Gasteiger partial charge in [0, 0.05) is 11.1 Å². The number of benzene rings is 3. The molecule has 174 valence electrons. The molecule has 0 amide bonds. The van der Waals surface area contributed by atoms with Gasteiger partial charge < -0.3 is 23.4 Å². The molecule has 1 aromatic heterocycles. The molecule has 0 unspecified atom stereocenters. The third kappa shape index (κ3) is 4.30. The van der Waals surface area contributed by atoms with Crippen molar-refractivity contribution in [3.05, 3.63) is 81.2 Å². The summed E-state index contributed by atoms with van der Waals surface area (Å²) in [7, 11) is 4.39. The number of aryl methyl sites for hydroxylation is 1. The number of halogens is 1. The standard InChI is InChI=1S/C26H21ClO7/c1-14-23(15-5-7-17(27)8-6-15)24(28)19-10-9-18(13-20(19)33-14)34-26(29)16-11-21(30-2)25(32-4)22(12-16)31-3/h5-13H,1-4H3. The molecule has 0 saturated heterocycles. The van der Waals surface area contributed by atoms with Crippen LogP contribution in [0.5, 0.6) is 23.0 Å². The van der Waals surface area contributed by atoms with Crippen LogP contribution >= 0.6 is 11.6 Å². The second kappa shape index (κ2) is 9.49. The van der Waals surface area contributed by atoms with E-state index < -0.39 is 5.97 Å². The molecule has 0 aliphatic heterocycles. The van der Waals surface area contributed by atoms with Crippen LogP contribution in [0.1, 0.15) is 16.1 Å². The molecule has 4 rings (SSSR count). The number of ether oxygens (including phenoxy) is 4. The largest absolute Gasteiger partial charge is 0.493 e. The smallest absolute Gasteiger partial charge is 0.343 e. The van der Waals surface area contributed by atoms with Crippen molar-refractivity contribution in [2.24, 2.45) is 0 Å². The molecule has 8 heteroatoms. The summed E-state index contributed by atoms with van der Waals surface area (Å²) in [6.45, 7) is 1.71. The first kappa shape index (κ1) is 23.2. The number of hydrogen-bond donors (Lipinski definition) is 0. The lowest BCUT2D eigenvalue weighted by atomic mass is 10.0. The summed E-state index contributed by atoms with van der Waals surface area (Å²) < 4.78 is 27.3. The van der Waals surface area contributed by atoms with E-state index in [1.807, 2.05) is 0 Å². The monoisotopic (exact) mass is 480 g/mol. The molecule has 0 radical (unpaired) electrons. The Labute approximate surface area is 200 Å². The van der Waals surface area contributed by atoms with Crippen LogP contribution in [-0.4, -0.2) is 27.3 Å². The first-order chi connectivity index (χ1) is 16.4. The van der Waals surface area contributed by atoms with Crippen LogP contribution in [0.15, 0.2) is 63.8 Å². The summed E-state index contributed by atoms with van der Waals surface area (Å²) in [6.07, 6.45) is 0. The zero-order valence-corrected chi connectivity index (χ0v) is 19.7. The van der Waals surface area contributed by atoms with Crippen LogP contribution in [0.3, 0.4) is 0 Å². The highest BCUT2D eigenvalue weighted by Crippen LogP contribution is 2.38. The van der Waals surface area contributed by atoms with Gasteiger partial charge in [-0.05, 0) is 48.9 Å². The van der Waals surface area contributed by atoms with Crippen LogP contribution in [0.25, 0.3) is 22.1 Å². The summed E-state index contributed by atoms with van der Waals surface area (Å²) in [5, 5.41) is 0.938. The molecule has 3 aromatic carbocycles. The Balaban J connectivity index is 1.69. The Kier molecular flexibility index (Phi) is 6.47. The summed E-state index contributed by atoms with van der Waals surface area (Å²) in [4.78, 5) is 26.0. The lowest BCUT2D eigenvalue weighted by molar-refractivity contribution is 0.0734. The van der Waals surface area contributed by atoms with E-state index in [9.17, 15) is 9.59 Å². The van der Waals surface area contributed by atoms with Crippen molar-refractivity contribution in [2.45, 2.75) is 6.92 Å². The van der Waals surface area contributed by atoms with Crippen LogP contribution in [-0.2, 0) is 0 Å². The van der Waals surface area contributed by atoms with Gasteiger partial charge in [0.15, 0.2) is 11.5 Å². The van der Waals surface area contributed by atoms with Crippen molar-refractivity contribution in [1.29, 1.82) is 0 Å². The molecule has 0 atom stereocenters. The second-order valence-electron chi connectivity index (χ2n) is 7.33. The first-order valence-electron chi connectivity index (χ1n) is 10.2. The summed E-state index contributed by atoms with van der Waals surface area (Å²) in [5.41, 5.74) is 1.46. The molecule has 0 aliphatic carbocycles. The quantitative estimate of drug-likeness (QED) is 0.260. The zero-order chi connectivity index (χ0) is 24.4. The van der Waals surface area contributed by atoms with E-state index in [4.69, 9.17) is 35.0 Å². The SMILES string of the molecule is COc1cc(C(=O)Oc2ccc3c(=O)c(-c4ccc(Cl)cc4)c(C)oc3c2)cc(OC)c1OC. The molecule has 7 nitrogen and oxygen atoms in total. The van der Waals surface area contributed by atoms with Crippen molar-refractivity contribution in [3.8, 4) is 34.1 Å². The van der Waals surface area contributed by atoms with E-state index in [0.717, 1.165) is 0 Å². The fraction of sp³-hybridized carbons (Fsp3) is 0.154. The molecular formula is C26H21ClO7. The summed E-state index contributed by atoms with van der Waals surface area (Å²) in [6, 6.07) is 14.6. The molecule has 0 saturated carbocycles. The number of carbonyl (C=O) groups is 1. The highest BCUT2D eigenvalue weighted by molar-refractivity contribution is 6.30.